The molecular weight excluding hydrogens is 412 g/mol. The molecule has 2 aliphatic rings. The van der Waals surface area contributed by atoms with Crippen LogP contribution in [0.1, 0.15) is 17.7 Å². The monoisotopic (exact) mass is 444 g/mol. The molecule has 1 atom stereocenters. The first-order valence-electron chi connectivity index (χ1n) is 10.9. The van der Waals surface area contributed by atoms with Gasteiger partial charge in [0.05, 0.1) is 19.1 Å². The summed E-state index contributed by atoms with van der Waals surface area (Å²) in [6.45, 7) is 4.66. The summed E-state index contributed by atoms with van der Waals surface area (Å²) < 4.78 is 10.9. The van der Waals surface area contributed by atoms with Crippen molar-refractivity contribution in [2.75, 3.05) is 46.5 Å². The summed E-state index contributed by atoms with van der Waals surface area (Å²) >= 11 is 0. The molecule has 2 aliphatic heterocycles. The summed E-state index contributed by atoms with van der Waals surface area (Å²) in [5, 5.41) is 16.9. The van der Waals surface area contributed by atoms with E-state index in [1.807, 2.05) is 24.3 Å². The third kappa shape index (κ3) is 6.30. The second-order valence-electron chi connectivity index (χ2n) is 8.40. The molecule has 1 amide bonds. The number of carboxylic acid groups (broad SMARTS) is 1. The van der Waals surface area contributed by atoms with Gasteiger partial charge in [0.25, 0.3) is 6.47 Å². The maximum absolute atomic E-state index is 13.2. The number of amides is 1. The zero-order chi connectivity index (χ0) is 22.8. The Hall–Kier alpha value is -2.91. The van der Waals surface area contributed by atoms with Crippen molar-refractivity contribution in [1.82, 2.24) is 20.4 Å². The molecule has 2 aromatic rings. The molecule has 0 radical (unpaired) electrons. The minimum Gasteiger partial charge on any atom is -0.497 e. The van der Waals surface area contributed by atoms with Gasteiger partial charge in [-0.15, -0.1) is 0 Å². The smallest absolute Gasteiger partial charge is 0.290 e. The molecule has 0 bridgehead atoms. The highest BCUT2D eigenvalue weighted by Gasteiger charge is 2.49. The number of benzene rings is 1. The van der Waals surface area contributed by atoms with Crippen LogP contribution in [0.15, 0.2) is 36.5 Å². The molecule has 0 saturated carbocycles. The number of aromatic nitrogens is 2. The van der Waals surface area contributed by atoms with Crippen molar-refractivity contribution in [2.45, 2.75) is 19.3 Å². The van der Waals surface area contributed by atoms with Crippen molar-refractivity contribution < 1.29 is 24.2 Å². The molecule has 9 nitrogen and oxygen atoms in total. The number of carbonyl (C=O) groups is 2. The van der Waals surface area contributed by atoms with Crippen LogP contribution in [-0.4, -0.2) is 79.1 Å². The van der Waals surface area contributed by atoms with E-state index in [1.54, 1.807) is 13.3 Å². The van der Waals surface area contributed by atoms with E-state index in [-0.39, 0.29) is 17.8 Å². The molecule has 32 heavy (non-hydrogen) atoms. The SMILES string of the molecule is COc1cccc(CC2(C(=O)NCCc3ccn[nH]3)CN(CC3CCOC3)C2)c1.O=CO. The summed E-state index contributed by atoms with van der Waals surface area (Å²) in [6, 6.07) is 9.98. The zero-order valence-electron chi connectivity index (χ0n) is 18.5. The van der Waals surface area contributed by atoms with Gasteiger partial charge in [-0.25, -0.2) is 0 Å². The predicted molar refractivity (Wildman–Crippen MR) is 118 cm³/mol. The van der Waals surface area contributed by atoms with Crippen molar-refractivity contribution in [1.29, 1.82) is 0 Å². The van der Waals surface area contributed by atoms with E-state index in [0.717, 1.165) is 69.1 Å². The second-order valence-corrected chi connectivity index (χ2v) is 8.40. The molecule has 3 heterocycles. The lowest BCUT2D eigenvalue weighted by molar-refractivity contribution is -0.142. The Morgan fingerprint density at radius 3 is 2.91 bits per heavy atom. The van der Waals surface area contributed by atoms with Crippen LogP contribution in [0.4, 0.5) is 0 Å². The lowest BCUT2D eigenvalue weighted by Gasteiger charge is -2.50. The van der Waals surface area contributed by atoms with Gasteiger partial charge < -0.3 is 24.8 Å². The molecular formula is C23H32N4O5. The Labute approximate surface area is 188 Å². The lowest BCUT2D eigenvalue weighted by Crippen LogP contribution is -2.65. The summed E-state index contributed by atoms with van der Waals surface area (Å²) in [7, 11) is 1.67. The first kappa shape index (κ1) is 23.7. The number of methoxy groups -OCH3 is 1. The third-order valence-corrected chi connectivity index (χ3v) is 5.99. The van der Waals surface area contributed by atoms with E-state index in [4.69, 9.17) is 19.4 Å². The molecule has 174 valence electrons. The van der Waals surface area contributed by atoms with E-state index in [2.05, 4.69) is 26.5 Å². The summed E-state index contributed by atoms with van der Waals surface area (Å²) in [6.07, 6.45) is 4.33. The van der Waals surface area contributed by atoms with Crippen LogP contribution < -0.4 is 10.1 Å². The van der Waals surface area contributed by atoms with Crippen LogP contribution >= 0.6 is 0 Å². The first-order chi connectivity index (χ1) is 15.6. The number of hydrogen-bond acceptors (Lipinski definition) is 6. The number of aromatic amines is 1. The van der Waals surface area contributed by atoms with Gasteiger partial charge in [0.2, 0.25) is 5.91 Å². The Morgan fingerprint density at radius 2 is 2.25 bits per heavy atom. The first-order valence-corrected chi connectivity index (χ1v) is 10.9. The van der Waals surface area contributed by atoms with Gasteiger partial charge in [-0.2, -0.15) is 5.10 Å². The maximum atomic E-state index is 13.2. The summed E-state index contributed by atoms with van der Waals surface area (Å²) in [5.41, 5.74) is 1.78. The predicted octanol–water partition coefficient (Wildman–Crippen LogP) is 1.36. The van der Waals surface area contributed by atoms with Crippen LogP contribution in [0.2, 0.25) is 0 Å². The molecule has 4 rings (SSSR count). The van der Waals surface area contributed by atoms with Gasteiger partial charge in [-0.3, -0.25) is 14.7 Å². The van der Waals surface area contributed by atoms with E-state index >= 15 is 0 Å². The molecule has 2 saturated heterocycles. The fourth-order valence-electron chi connectivity index (χ4n) is 4.46. The Kier molecular flexibility index (Phi) is 8.64. The number of ether oxygens (including phenoxy) is 2. The topological polar surface area (TPSA) is 117 Å². The van der Waals surface area contributed by atoms with E-state index < -0.39 is 0 Å². The number of likely N-dealkylation sites (tertiary alicyclic amines) is 1. The molecule has 2 fully saturated rings. The number of nitrogens with zero attached hydrogens (tertiary/aromatic N) is 2. The molecule has 9 heteroatoms. The van der Waals surface area contributed by atoms with Crippen LogP contribution in [-0.2, 0) is 27.2 Å². The molecule has 1 aromatic carbocycles. The van der Waals surface area contributed by atoms with Gasteiger partial charge in [0, 0.05) is 51.1 Å². The fourth-order valence-corrected chi connectivity index (χ4v) is 4.46. The van der Waals surface area contributed by atoms with Gasteiger partial charge in [0.15, 0.2) is 0 Å². The Bertz CT molecular complexity index is 846. The van der Waals surface area contributed by atoms with Crippen molar-refractivity contribution >= 4 is 12.4 Å². The molecule has 0 spiro atoms. The van der Waals surface area contributed by atoms with Crippen LogP contribution in [0, 0.1) is 11.3 Å². The lowest BCUT2D eigenvalue weighted by atomic mass is 9.73. The highest BCUT2D eigenvalue weighted by Crippen LogP contribution is 2.36. The van der Waals surface area contributed by atoms with Gasteiger partial charge >= 0.3 is 0 Å². The van der Waals surface area contributed by atoms with Gasteiger partial charge in [0.1, 0.15) is 5.75 Å². The highest BCUT2D eigenvalue weighted by molar-refractivity contribution is 5.84. The summed E-state index contributed by atoms with van der Waals surface area (Å²) in [5.74, 6) is 1.56. The van der Waals surface area contributed by atoms with Crippen LogP contribution in [0.5, 0.6) is 5.75 Å². The van der Waals surface area contributed by atoms with Gasteiger partial charge in [-0.05, 0) is 42.5 Å². The second kappa shape index (κ2) is 11.6. The highest BCUT2D eigenvalue weighted by atomic mass is 16.5. The number of hydrogen-bond donors (Lipinski definition) is 3. The van der Waals surface area contributed by atoms with Gasteiger partial charge in [-0.1, -0.05) is 12.1 Å². The van der Waals surface area contributed by atoms with Crippen LogP contribution in [0.3, 0.4) is 0 Å². The molecule has 1 aromatic heterocycles. The normalized spacial score (nSPS) is 19.3. The van der Waals surface area contributed by atoms with Crippen LogP contribution in [0.25, 0.3) is 0 Å². The van der Waals surface area contributed by atoms with Crippen molar-refractivity contribution in [3.63, 3.8) is 0 Å². The van der Waals surface area contributed by atoms with E-state index in [9.17, 15) is 4.79 Å². The average molecular weight is 445 g/mol. The summed E-state index contributed by atoms with van der Waals surface area (Å²) in [4.78, 5) is 24.0. The number of rotatable bonds is 9. The Balaban J connectivity index is 0.000000913. The van der Waals surface area contributed by atoms with Crippen molar-refractivity contribution in [3.05, 3.63) is 47.8 Å². The minimum absolute atomic E-state index is 0.138. The largest absolute Gasteiger partial charge is 0.497 e. The molecule has 1 unspecified atom stereocenters. The fraction of sp³-hybridized carbons (Fsp3) is 0.522. The number of H-pyrrole nitrogens is 1. The molecule has 3 N–H and O–H groups in total. The van der Waals surface area contributed by atoms with Crippen molar-refractivity contribution in [3.8, 4) is 5.75 Å². The van der Waals surface area contributed by atoms with E-state index in [1.165, 1.54) is 0 Å². The molecule has 0 aliphatic carbocycles. The Morgan fingerprint density at radius 1 is 1.44 bits per heavy atom. The minimum atomic E-state index is -0.389. The third-order valence-electron chi connectivity index (χ3n) is 5.99. The number of carbonyl (C=O) groups excluding carboxylic acids is 1. The zero-order valence-corrected chi connectivity index (χ0v) is 18.5. The maximum Gasteiger partial charge on any atom is 0.290 e. The average Bonchev–Trinajstić information content (AvgIpc) is 3.47. The quantitative estimate of drug-likeness (QED) is 0.500. The van der Waals surface area contributed by atoms with E-state index in [0.29, 0.717) is 12.5 Å². The van der Waals surface area contributed by atoms with Crippen molar-refractivity contribution in [2.24, 2.45) is 11.3 Å². The number of nitrogens with one attached hydrogen (secondary N) is 2. The standard InChI is InChI=1S/C22H30N4O3.CH2O2/c1-28-20-4-2-3-17(11-20)12-22(15-26(16-22)13-18-7-10-29-14-18)21(27)23-8-5-19-6-9-24-25-19;2-1-3/h2-4,6,9,11,18H,5,7-8,10,12-16H2,1H3,(H,23,27)(H,24,25);1H,(H,2,3).